The van der Waals surface area contributed by atoms with Gasteiger partial charge in [0.2, 0.25) is 0 Å². The lowest BCUT2D eigenvalue weighted by atomic mass is 10.2. The fourth-order valence-electron chi connectivity index (χ4n) is 2.72. The van der Waals surface area contributed by atoms with Crippen LogP contribution in [-0.4, -0.2) is 16.9 Å². The first-order valence-corrected chi connectivity index (χ1v) is 8.05. The Labute approximate surface area is 151 Å². The van der Waals surface area contributed by atoms with Crippen LogP contribution in [0, 0.1) is 31.0 Å². The number of rotatable bonds is 5. The lowest BCUT2D eigenvalue weighted by molar-refractivity contribution is 0.282. The van der Waals surface area contributed by atoms with E-state index in [2.05, 4.69) is 11.2 Å². The number of aromatic nitrogens is 2. The molecule has 0 amide bonds. The van der Waals surface area contributed by atoms with Crippen molar-refractivity contribution < 1.29 is 13.9 Å². The Morgan fingerprint density at radius 3 is 2.50 bits per heavy atom. The van der Waals surface area contributed by atoms with Crippen molar-refractivity contribution in [3.8, 4) is 23.3 Å². The Morgan fingerprint density at radius 1 is 1.12 bits per heavy atom. The molecule has 0 N–H and O–H groups in total. The Balaban J connectivity index is 1.85. The van der Waals surface area contributed by atoms with Gasteiger partial charge >= 0.3 is 0 Å². The van der Waals surface area contributed by atoms with Crippen molar-refractivity contribution in [3.05, 3.63) is 70.8 Å². The quantitative estimate of drug-likeness (QED) is 0.695. The molecule has 0 atom stereocenters. The number of nitriles is 1. The molecule has 0 bridgehead atoms. The zero-order chi connectivity index (χ0) is 18.7. The number of hydrogen-bond acceptors (Lipinski definition) is 4. The fraction of sp³-hybridized carbons (Fsp3) is 0.200. The lowest BCUT2D eigenvalue weighted by Gasteiger charge is -2.11. The summed E-state index contributed by atoms with van der Waals surface area (Å²) < 4.78 is 26.1. The number of halogens is 1. The molecule has 26 heavy (non-hydrogen) atoms. The van der Waals surface area contributed by atoms with Crippen LogP contribution in [-0.2, 0) is 6.61 Å². The molecule has 0 aliphatic carbocycles. The minimum absolute atomic E-state index is 0.288. The Morgan fingerprint density at radius 2 is 1.85 bits per heavy atom. The third kappa shape index (κ3) is 3.38. The summed E-state index contributed by atoms with van der Waals surface area (Å²) in [5.74, 6) is 0.439. The number of aryl methyl sites for hydroxylation is 1. The normalized spacial score (nSPS) is 10.4. The van der Waals surface area contributed by atoms with Gasteiger partial charge in [-0.05, 0) is 50.2 Å². The SMILES string of the molecule is COc1cc(F)ccc1OCc1c(C)nn(-c2ccc(C#N)cc2)c1C. The Hall–Kier alpha value is -3.33. The van der Waals surface area contributed by atoms with E-state index in [1.807, 2.05) is 30.7 Å². The van der Waals surface area contributed by atoms with Crippen LogP contribution in [0.2, 0.25) is 0 Å². The highest BCUT2D eigenvalue weighted by Crippen LogP contribution is 2.29. The highest BCUT2D eigenvalue weighted by Gasteiger charge is 2.15. The zero-order valence-electron chi connectivity index (χ0n) is 14.8. The molecule has 6 heteroatoms. The van der Waals surface area contributed by atoms with Crippen molar-refractivity contribution in [3.63, 3.8) is 0 Å². The summed E-state index contributed by atoms with van der Waals surface area (Å²) in [5.41, 5.74) is 4.19. The molecule has 0 radical (unpaired) electrons. The molecule has 3 aromatic rings. The number of benzene rings is 2. The first-order valence-electron chi connectivity index (χ1n) is 8.05. The number of ether oxygens (including phenoxy) is 2. The number of methoxy groups -OCH3 is 1. The predicted octanol–water partition coefficient (Wildman–Crippen LogP) is 4.09. The molecule has 132 valence electrons. The first-order chi connectivity index (χ1) is 12.5. The van der Waals surface area contributed by atoms with Crippen LogP contribution in [0.15, 0.2) is 42.5 Å². The van der Waals surface area contributed by atoms with Crippen LogP contribution < -0.4 is 9.47 Å². The molecule has 0 aliphatic heterocycles. The standard InChI is InChI=1S/C20H18FN3O2/c1-13-18(12-26-19-9-6-16(21)10-20(19)25-3)14(2)24(23-13)17-7-4-15(11-22)5-8-17/h4-10H,12H2,1-3H3. The second-order valence-electron chi connectivity index (χ2n) is 5.80. The van der Waals surface area contributed by atoms with E-state index in [-0.39, 0.29) is 12.4 Å². The van der Waals surface area contributed by atoms with Crippen LogP contribution >= 0.6 is 0 Å². The highest BCUT2D eigenvalue weighted by molar-refractivity contribution is 5.43. The van der Waals surface area contributed by atoms with Crippen molar-refractivity contribution in [2.75, 3.05) is 7.11 Å². The maximum absolute atomic E-state index is 13.3. The van der Waals surface area contributed by atoms with E-state index in [0.717, 1.165) is 22.6 Å². The van der Waals surface area contributed by atoms with Crippen molar-refractivity contribution in [1.29, 1.82) is 5.26 Å². The first kappa shape index (κ1) is 17.5. The maximum Gasteiger partial charge on any atom is 0.163 e. The van der Waals surface area contributed by atoms with Gasteiger partial charge in [-0.1, -0.05) is 0 Å². The van der Waals surface area contributed by atoms with Gasteiger partial charge in [-0.15, -0.1) is 0 Å². The van der Waals surface area contributed by atoms with Crippen LogP contribution in [0.1, 0.15) is 22.5 Å². The van der Waals surface area contributed by atoms with E-state index in [0.29, 0.717) is 17.1 Å². The summed E-state index contributed by atoms with van der Waals surface area (Å²) in [6, 6.07) is 13.5. The second-order valence-corrected chi connectivity index (χ2v) is 5.80. The average molecular weight is 351 g/mol. The molecule has 1 aromatic heterocycles. The molecule has 0 saturated carbocycles. The van der Waals surface area contributed by atoms with Gasteiger partial charge in [0.1, 0.15) is 12.4 Å². The van der Waals surface area contributed by atoms with Gasteiger partial charge in [0.15, 0.2) is 11.5 Å². The van der Waals surface area contributed by atoms with Crippen LogP contribution in [0.25, 0.3) is 5.69 Å². The Bertz CT molecular complexity index is 972. The maximum atomic E-state index is 13.3. The van der Waals surface area contributed by atoms with Crippen LogP contribution in [0.5, 0.6) is 11.5 Å². The fourth-order valence-corrected chi connectivity index (χ4v) is 2.72. The zero-order valence-corrected chi connectivity index (χ0v) is 14.8. The third-order valence-corrected chi connectivity index (χ3v) is 4.18. The molecule has 3 rings (SSSR count). The van der Waals surface area contributed by atoms with Gasteiger partial charge in [-0.25, -0.2) is 9.07 Å². The Kier molecular flexibility index (Phi) is 4.90. The van der Waals surface area contributed by atoms with E-state index >= 15 is 0 Å². The summed E-state index contributed by atoms with van der Waals surface area (Å²) in [6.45, 7) is 4.16. The van der Waals surface area contributed by atoms with E-state index in [1.165, 1.54) is 19.2 Å². The largest absolute Gasteiger partial charge is 0.493 e. The van der Waals surface area contributed by atoms with Gasteiger partial charge in [-0.2, -0.15) is 10.4 Å². The number of hydrogen-bond donors (Lipinski definition) is 0. The third-order valence-electron chi connectivity index (χ3n) is 4.18. The van der Waals surface area contributed by atoms with Crippen LogP contribution in [0.3, 0.4) is 0 Å². The summed E-state index contributed by atoms with van der Waals surface area (Å²) in [5, 5.41) is 13.5. The van der Waals surface area contributed by atoms with Gasteiger partial charge in [0, 0.05) is 17.3 Å². The smallest absolute Gasteiger partial charge is 0.163 e. The molecule has 0 aliphatic rings. The summed E-state index contributed by atoms with van der Waals surface area (Å²) in [7, 11) is 1.47. The predicted molar refractivity (Wildman–Crippen MR) is 95.0 cm³/mol. The van der Waals surface area contributed by atoms with Crippen molar-refractivity contribution in [1.82, 2.24) is 9.78 Å². The monoisotopic (exact) mass is 351 g/mol. The van der Waals surface area contributed by atoms with Crippen molar-refractivity contribution in [2.24, 2.45) is 0 Å². The van der Waals surface area contributed by atoms with Gasteiger partial charge in [0.25, 0.3) is 0 Å². The molecule has 5 nitrogen and oxygen atoms in total. The van der Waals surface area contributed by atoms with E-state index in [4.69, 9.17) is 14.7 Å². The minimum Gasteiger partial charge on any atom is -0.493 e. The molecule has 2 aromatic carbocycles. The molecule has 0 saturated heterocycles. The molecule has 0 fully saturated rings. The number of nitrogens with zero attached hydrogens (tertiary/aromatic N) is 3. The lowest BCUT2D eigenvalue weighted by Crippen LogP contribution is -2.02. The summed E-state index contributed by atoms with van der Waals surface area (Å²) >= 11 is 0. The minimum atomic E-state index is -0.379. The topological polar surface area (TPSA) is 60.1 Å². The van der Waals surface area contributed by atoms with E-state index in [9.17, 15) is 4.39 Å². The van der Waals surface area contributed by atoms with Crippen molar-refractivity contribution >= 4 is 0 Å². The molecule has 0 spiro atoms. The highest BCUT2D eigenvalue weighted by atomic mass is 19.1. The second kappa shape index (κ2) is 7.28. The molecular formula is C20H18FN3O2. The average Bonchev–Trinajstić information content (AvgIpc) is 2.94. The van der Waals surface area contributed by atoms with Crippen LogP contribution in [0.4, 0.5) is 4.39 Å². The van der Waals surface area contributed by atoms with Crippen molar-refractivity contribution in [2.45, 2.75) is 20.5 Å². The molecular weight excluding hydrogens is 333 g/mol. The van der Waals surface area contributed by atoms with Gasteiger partial charge in [-0.3, -0.25) is 0 Å². The van der Waals surface area contributed by atoms with Gasteiger partial charge < -0.3 is 9.47 Å². The summed E-state index contributed by atoms with van der Waals surface area (Å²) in [6.07, 6.45) is 0. The molecule has 0 unspecified atom stereocenters. The molecule has 1 heterocycles. The van der Waals surface area contributed by atoms with Gasteiger partial charge in [0.05, 0.1) is 30.1 Å². The van der Waals surface area contributed by atoms with E-state index in [1.54, 1.807) is 18.2 Å². The van der Waals surface area contributed by atoms with E-state index < -0.39 is 0 Å². The summed E-state index contributed by atoms with van der Waals surface area (Å²) in [4.78, 5) is 0.